The van der Waals surface area contributed by atoms with Crippen molar-refractivity contribution in [2.45, 2.75) is 31.8 Å². The van der Waals surface area contributed by atoms with Crippen LogP contribution >= 0.6 is 11.8 Å². The molecule has 10 heteroatoms. The fraction of sp³-hybridized carbons (Fsp3) is 0.346. The maximum Gasteiger partial charge on any atom is 0.308 e. The zero-order valence-corrected chi connectivity index (χ0v) is 21.2. The van der Waals surface area contributed by atoms with Crippen LogP contribution in [0.1, 0.15) is 24.0 Å². The second-order valence-corrected chi connectivity index (χ2v) is 9.93. The number of carbonyl (C=O) groups excluding carboxylic acids is 2. The lowest BCUT2D eigenvalue weighted by atomic mass is 9.97. The zero-order valence-electron chi connectivity index (χ0n) is 20.4. The number of rotatable bonds is 5. The lowest BCUT2D eigenvalue weighted by molar-refractivity contribution is -0.148. The molecule has 0 spiro atoms. The number of ether oxygens (including phenoxy) is 1. The largest absolute Gasteiger partial charge is 0.469 e. The fourth-order valence-corrected chi connectivity index (χ4v) is 5.72. The van der Waals surface area contributed by atoms with E-state index in [4.69, 9.17) is 4.74 Å². The number of aromatic nitrogens is 4. The quantitative estimate of drug-likeness (QED) is 0.304. The van der Waals surface area contributed by atoms with Gasteiger partial charge in [-0.15, -0.1) is 10.2 Å². The van der Waals surface area contributed by atoms with Crippen LogP contribution in [0, 0.1) is 19.8 Å². The minimum absolute atomic E-state index is 0.0209. The number of thioether (sulfide) groups is 1. The van der Waals surface area contributed by atoms with Crippen LogP contribution in [0.4, 0.5) is 0 Å². The normalized spacial score (nSPS) is 14.5. The summed E-state index contributed by atoms with van der Waals surface area (Å²) in [5.41, 5.74) is 3.23. The molecule has 1 saturated heterocycles. The predicted molar refractivity (Wildman–Crippen MR) is 138 cm³/mol. The van der Waals surface area contributed by atoms with Gasteiger partial charge in [-0.3, -0.25) is 18.8 Å². The molecule has 186 valence electrons. The van der Waals surface area contributed by atoms with E-state index in [1.165, 1.54) is 18.9 Å². The summed E-state index contributed by atoms with van der Waals surface area (Å²) >= 11 is 1.29. The summed E-state index contributed by atoms with van der Waals surface area (Å²) in [6, 6.07) is 13.3. The van der Waals surface area contributed by atoms with Gasteiger partial charge in [0, 0.05) is 13.1 Å². The van der Waals surface area contributed by atoms with Crippen molar-refractivity contribution in [2.24, 2.45) is 5.92 Å². The minimum Gasteiger partial charge on any atom is -0.469 e. The third kappa shape index (κ3) is 4.15. The van der Waals surface area contributed by atoms with Gasteiger partial charge in [-0.1, -0.05) is 42.1 Å². The molecule has 4 aromatic rings. The van der Waals surface area contributed by atoms with Gasteiger partial charge >= 0.3 is 5.97 Å². The average Bonchev–Trinajstić information content (AvgIpc) is 3.32. The van der Waals surface area contributed by atoms with Crippen molar-refractivity contribution in [1.82, 2.24) is 24.1 Å². The van der Waals surface area contributed by atoms with Gasteiger partial charge in [0.15, 0.2) is 5.16 Å². The first-order valence-electron chi connectivity index (χ1n) is 11.8. The number of carbonyl (C=O) groups is 2. The molecule has 1 aliphatic rings. The predicted octanol–water partition coefficient (Wildman–Crippen LogP) is 3.15. The van der Waals surface area contributed by atoms with Crippen molar-refractivity contribution in [1.29, 1.82) is 0 Å². The summed E-state index contributed by atoms with van der Waals surface area (Å²) in [5.74, 6) is 0.200. The highest BCUT2D eigenvalue weighted by Crippen LogP contribution is 2.26. The number of benzene rings is 2. The Morgan fingerprint density at radius 3 is 2.42 bits per heavy atom. The van der Waals surface area contributed by atoms with Crippen LogP contribution in [-0.4, -0.2) is 61.9 Å². The number of amides is 1. The van der Waals surface area contributed by atoms with E-state index in [0.717, 1.165) is 16.8 Å². The summed E-state index contributed by atoms with van der Waals surface area (Å²) in [5, 5.41) is 9.86. The highest BCUT2D eigenvalue weighted by molar-refractivity contribution is 7.99. The highest BCUT2D eigenvalue weighted by Gasteiger charge is 2.28. The van der Waals surface area contributed by atoms with Crippen molar-refractivity contribution < 1.29 is 14.3 Å². The Morgan fingerprint density at radius 1 is 1.03 bits per heavy atom. The molecule has 2 aromatic carbocycles. The standard InChI is InChI=1S/C26H27N5O4S/c1-16-7-6-8-17(2)22(16)31-23(33)19-9-4-5-10-20(19)30-25(31)27-28-26(30)36-15-21(32)29-13-11-18(12-14-29)24(34)35-3/h4-10,18H,11-15H2,1-3H3. The average molecular weight is 506 g/mol. The number of likely N-dealkylation sites (tertiary alicyclic amines) is 1. The Labute approximate surface area is 212 Å². The van der Waals surface area contributed by atoms with E-state index in [1.807, 2.05) is 54.6 Å². The van der Waals surface area contributed by atoms with Gasteiger partial charge in [-0.25, -0.2) is 4.57 Å². The summed E-state index contributed by atoms with van der Waals surface area (Å²) in [7, 11) is 1.39. The molecule has 1 fully saturated rings. The Balaban J connectivity index is 1.49. The summed E-state index contributed by atoms with van der Waals surface area (Å²) in [4.78, 5) is 40.1. The van der Waals surface area contributed by atoms with E-state index in [1.54, 1.807) is 15.5 Å². The molecule has 9 nitrogen and oxygen atoms in total. The lowest BCUT2D eigenvalue weighted by Gasteiger charge is -2.30. The monoisotopic (exact) mass is 505 g/mol. The van der Waals surface area contributed by atoms with Crippen LogP contribution in [0.15, 0.2) is 52.4 Å². The Morgan fingerprint density at radius 2 is 1.72 bits per heavy atom. The van der Waals surface area contributed by atoms with Gasteiger partial charge in [0.25, 0.3) is 5.56 Å². The van der Waals surface area contributed by atoms with Crippen LogP contribution in [0.5, 0.6) is 0 Å². The topological polar surface area (TPSA) is 98.8 Å². The van der Waals surface area contributed by atoms with Crippen molar-refractivity contribution in [3.05, 3.63) is 63.9 Å². The van der Waals surface area contributed by atoms with Gasteiger partial charge < -0.3 is 9.64 Å². The Hall–Kier alpha value is -3.66. The number of piperidine rings is 1. The van der Waals surface area contributed by atoms with Crippen molar-refractivity contribution in [3.63, 3.8) is 0 Å². The maximum atomic E-state index is 13.6. The lowest BCUT2D eigenvalue weighted by Crippen LogP contribution is -2.41. The van der Waals surface area contributed by atoms with Crippen molar-refractivity contribution in [2.75, 3.05) is 26.0 Å². The minimum atomic E-state index is -0.215. The van der Waals surface area contributed by atoms with E-state index in [2.05, 4.69) is 10.2 Å². The molecule has 5 rings (SSSR count). The molecule has 0 saturated carbocycles. The van der Waals surface area contributed by atoms with Crippen molar-refractivity contribution >= 4 is 40.3 Å². The third-order valence-corrected chi connectivity index (χ3v) is 7.68. The maximum absolute atomic E-state index is 13.6. The number of hydrogen-bond donors (Lipinski definition) is 0. The number of methoxy groups -OCH3 is 1. The molecule has 0 bridgehead atoms. The molecule has 0 aliphatic carbocycles. The molecule has 2 aromatic heterocycles. The van der Waals surface area contributed by atoms with E-state index in [9.17, 15) is 14.4 Å². The van der Waals surface area contributed by atoms with Gasteiger partial charge in [0.2, 0.25) is 11.7 Å². The van der Waals surface area contributed by atoms with E-state index in [-0.39, 0.29) is 29.1 Å². The Bertz CT molecular complexity index is 1510. The molecule has 3 heterocycles. The SMILES string of the molecule is COC(=O)C1CCN(C(=O)CSc2nnc3n(-c4c(C)cccc4C)c(=O)c4ccccc4n23)CC1. The third-order valence-electron chi connectivity index (χ3n) is 6.76. The number of fused-ring (bicyclic) bond motifs is 3. The smallest absolute Gasteiger partial charge is 0.308 e. The van der Waals surface area contributed by atoms with E-state index >= 15 is 0 Å². The summed E-state index contributed by atoms with van der Waals surface area (Å²) in [6.07, 6.45) is 1.20. The first kappa shape index (κ1) is 24.1. The van der Waals surface area contributed by atoms with Gasteiger partial charge in [0.1, 0.15) is 0 Å². The molecule has 1 aliphatic heterocycles. The molecular weight excluding hydrogens is 478 g/mol. The fourth-order valence-electron chi connectivity index (χ4n) is 4.88. The number of nitrogens with zero attached hydrogens (tertiary/aromatic N) is 5. The van der Waals surface area contributed by atoms with Crippen LogP contribution in [0.25, 0.3) is 22.4 Å². The van der Waals surface area contributed by atoms with Gasteiger partial charge in [-0.2, -0.15) is 0 Å². The molecule has 36 heavy (non-hydrogen) atoms. The van der Waals surface area contributed by atoms with Gasteiger partial charge in [-0.05, 0) is 49.9 Å². The highest BCUT2D eigenvalue weighted by atomic mass is 32.2. The first-order valence-corrected chi connectivity index (χ1v) is 12.8. The Kier molecular flexibility index (Phi) is 6.53. The van der Waals surface area contributed by atoms with Crippen LogP contribution in [0.2, 0.25) is 0 Å². The molecule has 0 atom stereocenters. The second-order valence-electron chi connectivity index (χ2n) is 8.98. The number of esters is 1. The van der Waals surface area contributed by atoms with Crippen molar-refractivity contribution in [3.8, 4) is 5.69 Å². The van der Waals surface area contributed by atoms with Crippen LogP contribution in [0.3, 0.4) is 0 Å². The second kappa shape index (κ2) is 9.77. The van der Waals surface area contributed by atoms with E-state index < -0.39 is 0 Å². The summed E-state index contributed by atoms with van der Waals surface area (Å²) < 4.78 is 8.30. The molecule has 0 radical (unpaired) electrons. The summed E-state index contributed by atoms with van der Waals surface area (Å²) in [6.45, 7) is 4.98. The molecule has 1 amide bonds. The van der Waals surface area contributed by atoms with E-state index in [0.29, 0.717) is 47.8 Å². The molecule has 0 N–H and O–H groups in total. The first-order chi connectivity index (χ1) is 17.4. The molecular formula is C26H27N5O4S. The number of hydrogen-bond acceptors (Lipinski definition) is 7. The van der Waals surface area contributed by atoms with Gasteiger partial charge in [0.05, 0.1) is 35.4 Å². The zero-order chi connectivity index (χ0) is 25.4. The van der Waals surface area contributed by atoms with Crippen LogP contribution < -0.4 is 5.56 Å². The molecule has 0 unspecified atom stereocenters. The number of para-hydroxylation sites is 2. The van der Waals surface area contributed by atoms with Crippen LogP contribution in [-0.2, 0) is 14.3 Å². The number of aryl methyl sites for hydroxylation is 2.